The van der Waals surface area contributed by atoms with Gasteiger partial charge in [-0.1, -0.05) is 51.5 Å². The van der Waals surface area contributed by atoms with Crippen molar-refractivity contribution in [2.24, 2.45) is 0 Å². The number of aryl methyl sites for hydroxylation is 3. The zero-order valence-corrected chi connectivity index (χ0v) is 21.1. The Morgan fingerprint density at radius 1 is 0.966 bits per heavy atom. The first-order valence-corrected chi connectivity index (χ1v) is 11.4. The van der Waals surface area contributed by atoms with E-state index in [1.807, 2.05) is 20.8 Å². The van der Waals surface area contributed by atoms with Crippen LogP contribution in [0.1, 0.15) is 84.6 Å². The molecule has 3 nitrogen and oxygen atoms in total. The van der Waals surface area contributed by atoms with E-state index in [4.69, 9.17) is 4.74 Å². The van der Waals surface area contributed by atoms with Gasteiger partial charge in [0, 0.05) is 5.56 Å². The first-order chi connectivity index (χ1) is 13.5. The highest BCUT2D eigenvalue weighted by atomic mass is 127. The highest BCUT2D eigenvalue weighted by molar-refractivity contribution is 14.1. The average molecular weight is 507 g/mol. The molecule has 0 saturated carbocycles. The highest BCUT2D eigenvalue weighted by Gasteiger charge is 2.18. The van der Waals surface area contributed by atoms with Crippen molar-refractivity contribution < 1.29 is 9.53 Å². The monoisotopic (exact) mass is 507 g/mol. The molecule has 0 heterocycles. The highest BCUT2D eigenvalue weighted by Crippen LogP contribution is 2.34. The fourth-order valence-electron chi connectivity index (χ4n) is 3.60. The molecule has 0 spiro atoms. The Labute approximate surface area is 189 Å². The van der Waals surface area contributed by atoms with Crippen LogP contribution >= 0.6 is 22.6 Å². The summed E-state index contributed by atoms with van der Waals surface area (Å²) in [6, 6.07) is 8.54. The lowest BCUT2D eigenvalue weighted by Gasteiger charge is -2.21. The Hall–Kier alpha value is -1.56. The van der Waals surface area contributed by atoms with Crippen molar-refractivity contribution in [3.63, 3.8) is 0 Å². The zero-order valence-electron chi connectivity index (χ0n) is 18.9. The maximum atomic E-state index is 12.7. The van der Waals surface area contributed by atoms with Crippen molar-refractivity contribution in [3.8, 4) is 5.75 Å². The van der Waals surface area contributed by atoms with Crippen LogP contribution in [0.2, 0.25) is 0 Å². The summed E-state index contributed by atoms with van der Waals surface area (Å²) in [4.78, 5) is 12.7. The van der Waals surface area contributed by atoms with E-state index in [9.17, 15) is 4.79 Å². The van der Waals surface area contributed by atoms with Gasteiger partial charge < -0.3 is 10.1 Å². The Morgan fingerprint density at radius 2 is 1.55 bits per heavy atom. The summed E-state index contributed by atoms with van der Waals surface area (Å²) >= 11 is 2.38. The second kappa shape index (κ2) is 9.96. The molecule has 0 radical (unpaired) electrons. The average Bonchev–Trinajstić information content (AvgIpc) is 2.60. The van der Waals surface area contributed by atoms with Crippen LogP contribution in [-0.2, 0) is 0 Å². The summed E-state index contributed by atoms with van der Waals surface area (Å²) in [5.41, 5.74) is 6.55. The minimum Gasteiger partial charge on any atom is -0.488 e. The molecule has 1 amide bonds. The quantitative estimate of drug-likeness (QED) is 0.426. The topological polar surface area (TPSA) is 38.3 Å². The third-order valence-electron chi connectivity index (χ3n) is 5.16. The molecule has 0 unspecified atom stereocenters. The standard InChI is InChI=1S/C25H34INO2/c1-14(2)20-11-21(15(3)4)24(26)22(12-20)29-19(8)13-27-25(28)23-17(6)9-16(5)10-18(23)7/h9-12,14-15,19H,13H2,1-8H3,(H,27,28)/t19-/m0/s1. The molecule has 4 heteroatoms. The zero-order chi connectivity index (χ0) is 21.9. The van der Waals surface area contributed by atoms with Crippen molar-refractivity contribution in [2.45, 2.75) is 73.3 Å². The third kappa shape index (κ3) is 5.97. The maximum Gasteiger partial charge on any atom is 0.251 e. The van der Waals surface area contributed by atoms with Gasteiger partial charge in [0.25, 0.3) is 5.91 Å². The van der Waals surface area contributed by atoms with Crippen molar-refractivity contribution in [1.29, 1.82) is 0 Å². The summed E-state index contributed by atoms with van der Waals surface area (Å²) < 4.78 is 7.43. The van der Waals surface area contributed by atoms with Gasteiger partial charge in [-0.25, -0.2) is 0 Å². The number of rotatable bonds is 7. The van der Waals surface area contributed by atoms with Crippen LogP contribution in [0.5, 0.6) is 5.75 Å². The summed E-state index contributed by atoms with van der Waals surface area (Å²) in [5.74, 6) is 1.74. The van der Waals surface area contributed by atoms with Gasteiger partial charge in [0.15, 0.2) is 0 Å². The smallest absolute Gasteiger partial charge is 0.251 e. The van der Waals surface area contributed by atoms with Gasteiger partial charge in [0.05, 0.1) is 10.1 Å². The molecule has 2 aromatic rings. The molecule has 0 aliphatic rings. The van der Waals surface area contributed by atoms with E-state index in [1.165, 1.54) is 16.7 Å². The molecule has 0 bridgehead atoms. The number of carbonyl (C=O) groups is 1. The van der Waals surface area contributed by atoms with Gasteiger partial charge in [-0.05, 0) is 90.4 Å². The number of ether oxygens (including phenoxy) is 1. The van der Waals surface area contributed by atoms with Crippen LogP contribution in [0.4, 0.5) is 0 Å². The Morgan fingerprint density at radius 3 is 2.07 bits per heavy atom. The van der Waals surface area contributed by atoms with E-state index in [0.29, 0.717) is 18.4 Å². The molecule has 2 aromatic carbocycles. The van der Waals surface area contributed by atoms with Crippen molar-refractivity contribution in [2.75, 3.05) is 6.54 Å². The lowest BCUT2D eigenvalue weighted by molar-refractivity contribution is 0.0930. The minimum absolute atomic E-state index is 0.0380. The number of hydrogen-bond acceptors (Lipinski definition) is 2. The van der Waals surface area contributed by atoms with Gasteiger partial charge in [-0.2, -0.15) is 0 Å². The SMILES string of the molecule is Cc1cc(C)c(C(=O)NC[C@H](C)Oc2cc(C(C)C)cc(C(C)C)c2I)c(C)c1. The Balaban J connectivity index is 2.13. The van der Waals surface area contributed by atoms with Crippen molar-refractivity contribution in [1.82, 2.24) is 5.32 Å². The predicted octanol–water partition coefficient (Wildman–Crippen LogP) is 6.66. The van der Waals surface area contributed by atoms with Gasteiger partial charge >= 0.3 is 0 Å². The maximum absolute atomic E-state index is 12.7. The molecule has 158 valence electrons. The van der Waals surface area contributed by atoms with Gasteiger partial charge in [-0.3, -0.25) is 4.79 Å². The molecular formula is C25H34INO2. The van der Waals surface area contributed by atoms with Crippen molar-refractivity contribution >= 4 is 28.5 Å². The van der Waals surface area contributed by atoms with E-state index in [0.717, 1.165) is 26.0 Å². The molecule has 1 atom stereocenters. The largest absolute Gasteiger partial charge is 0.488 e. The predicted molar refractivity (Wildman–Crippen MR) is 130 cm³/mol. The third-order valence-corrected chi connectivity index (χ3v) is 6.32. The van der Waals surface area contributed by atoms with Crippen LogP contribution in [0.3, 0.4) is 0 Å². The number of benzene rings is 2. The number of amides is 1. The summed E-state index contributed by atoms with van der Waals surface area (Å²) in [5, 5.41) is 3.05. The van der Waals surface area contributed by atoms with Gasteiger partial charge in [0.1, 0.15) is 11.9 Å². The molecule has 29 heavy (non-hydrogen) atoms. The fraction of sp³-hybridized carbons (Fsp3) is 0.480. The normalized spacial score (nSPS) is 12.4. The van der Waals surface area contributed by atoms with E-state index in [1.54, 1.807) is 0 Å². The number of nitrogens with one attached hydrogen (secondary N) is 1. The van der Waals surface area contributed by atoms with Gasteiger partial charge in [0.2, 0.25) is 0 Å². The van der Waals surface area contributed by atoms with Crippen LogP contribution in [0, 0.1) is 24.3 Å². The number of halogens is 1. The van der Waals surface area contributed by atoms with E-state index >= 15 is 0 Å². The van der Waals surface area contributed by atoms with Crippen LogP contribution in [0.25, 0.3) is 0 Å². The second-order valence-corrected chi connectivity index (χ2v) is 9.72. The number of hydrogen-bond donors (Lipinski definition) is 1. The van der Waals surface area contributed by atoms with E-state index in [-0.39, 0.29) is 12.0 Å². The lowest BCUT2D eigenvalue weighted by Crippen LogP contribution is -2.34. The molecule has 2 rings (SSSR count). The lowest BCUT2D eigenvalue weighted by atomic mass is 9.95. The van der Waals surface area contributed by atoms with Crippen LogP contribution < -0.4 is 10.1 Å². The van der Waals surface area contributed by atoms with Crippen LogP contribution in [-0.4, -0.2) is 18.6 Å². The van der Waals surface area contributed by atoms with E-state index in [2.05, 4.69) is 86.8 Å². The molecule has 0 saturated heterocycles. The van der Waals surface area contributed by atoms with E-state index < -0.39 is 0 Å². The molecule has 0 aliphatic carbocycles. The molecule has 0 aliphatic heterocycles. The minimum atomic E-state index is -0.124. The molecule has 0 aromatic heterocycles. The summed E-state index contributed by atoms with van der Waals surface area (Å²) in [6.45, 7) is 17.3. The summed E-state index contributed by atoms with van der Waals surface area (Å²) in [7, 11) is 0. The first kappa shape index (κ1) is 23.7. The van der Waals surface area contributed by atoms with Crippen LogP contribution in [0.15, 0.2) is 24.3 Å². The molecule has 1 N–H and O–H groups in total. The first-order valence-electron chi connectivity index (χ1n) is 10.4. The summed E-state index contributed by atoms with van der Waals surface area (Å²) in [6.07, 6.45) is -0.124. The Bertz CT molecular complexity index is 864. The molecule has 0 fully saturated rings. The number of carbonyl (C=O) groups excluding carboxylic acids is 1. The fourth-order valence-corrected chi connectivity index (χ4v) is 4.66. The van der Waals surface area contributed by atoms with Gasteiger partial charge in [-0.15, -0.1) is 0 Å². The Kier molecular flexibility index (Phi) is 8.15. The van der Waals surface area contributed by atoms with Crippen molar-refractivity contribution in [3.05, 3.63) is 61.2 Å². The molecular weight excluding hydrogens is 473 g/mol. The second-order valence-electron chi connectivity index (χ2n) is 8.64.